The number of hydrogen-bond donors (Lipinski definition) is 0. The molecule has 3 aromatic heterocycles. The van der Waals surface area contributed by atoms with E-state index in [4.69, 9.17) is 9.97 Å². The van der Waals surface area contributed by atoms with Crippen molar-refractivity contribution < 1.29 is 0 Å². The van der Waals surface area contributed by atoms with Crippen LogP contribution in [-0.4, -0.2) is 14.5 Å². The molecule has 0 bridgehead atoms. The summed E-state index contributed by atoms with van der Waals surface area (Å²) in [6.07, 6.45) is 0. The first kappa shape index (κ1) is 24.5. The highest BCUT2D eigenvalue weighted by atomic mass is 32.1. The van der Waals surface area contributed by atoms with Crippen molar-refractivity contribution in [1.82, 2.24) is 14.5 Å². The molecule has 0 amide bonds. The number of aromatic nitrogens is 3. The van der Waals surface area contributed by atoms with E-state index in [1.807, 2.05) is 23.5 Å². The Labute approximate surface area is 267 Å². The first-order valence-corrected chi connectivity index (χ1v) is 16.4. The van der Waals surface area contributed by atoms with E-state index in [2.05, 4.69) is 132 Å². The molecule has 0 fully saturated rings. The summed E-state index contributed by atoms with van der Waals surface area (Å²) in [5.41, 5.74) is 11.0. The van der Waals surface area contributed by atoms with Crippen LogP contribution in [0.2, 0.25) is 0 Å². The van der Waals surface area contributed by atoms with E-state index in [0.717, 1.165) is 33.6 Å². The highest BCUT2D eigenvalue weighted by molar-refractivity contribution is 7.26. The maximum absolute atomic E-state index is 5.28. The average Bonchev–Trinajstić information content (AvgIpc) is 3.63. The molecule has 0 saturated heterocycles. The lowest BCUT2D eigenvalue weighted by molar-refractivity contribution is 1.09. The minimum absolute atomic E-state index is 0.878. The van der Waals surface area contributed by atoms with Crippen LogP contribution in [0.5, 0.6) is 0 Å². The van der Waals surface area contributed by atoms with Crippen molar-refractivity contribution in [2.75, 3.05) is 0 Å². The minimum atomic E-state index is 0.878. The van der Waals surface area contributed by atoms with Crippen LogP contribution >= 0.6 is 11.3 Å². The van der Waals surface area contributed by atoms with Crippen molar-refractivity contribution in [2.24, 2.45) is 0 Å². The van der Waals surface area contributed by atoms with Gasteiger partial charge in [0.2, 0.25) is 0 Å². The quantitative estimate of drug-likeness (QED) is 0.187. The summed E-state index contributed by atoms with van der Waals surface area (Å²) in [5, 5.41) is 7.71. The van der Waals surface area contributed by atoms with Crippen molar-refractivity contribution in [2.45, 2.75) is 0 Å². The van der Waals surface area contributed by atoms with Gasteiger partial charge < -0.3 is 0 Å². The van der Waals surface area contributed by atoms with E-state index < -0.39 is 0 Å². The molecule has 46 heavy (non-hydrogen) atoms. The van der Waals surface area contributed by atoms with Crippen LogP contribution in [0.1, 0.15) is 0 Å². The molecule has 0 radical (unpaired) electrons. The topological polar surface area (TPSA) is 30.7 Å². The van der Waals surface area contributed by atoms with Gasteiger partial charge in [0.15, 0.2) is 5.82 Å². The lowest BCUT2D eigenvalue weighted by Gasteiger charge is -2.12. The number of thiophene rings is 1. The van der Waals surface area contributed by atoms with Crippen molar-refractivity contribution in [1.29, 1.82) is 0 Å². The smallest absolute Gasteiger partial charge is 0.165 e. The third-order valence-electron chi connectivity index (χ3n) is 9.72. The van der Waals surface area contributed by atoms with Crippen LogP contribution < -0.4 is 0 Å². The molecule has 0 spiro atoms. The highest BCUT2D eigenvalue weighted by Crippen LogP contribution is 2.47. The maximum Gasteiger partial charge on any atom is 0.165 e. The number of para-hydroxylation sites is 3. The maximum atomic E-state index is 5.28. The molecule has 0 aliphatic carbocycles. The molecule has 11 rings (SSSR count). The van der Waals surface area contributed by atoms with Crippen LogP contribution in [0.25, 0.3) is 103 Å². The summed E-state index contributed by atoms with van der Waals surface area (Å²) < 4.78 is 5.02. The number of nitrogens with zero attached hydrogens (tertiary/aromatic N) is 3. The second-order valence-corrected chi connectivity index (χ2v) is 13.2. The van der Waals surface area contributed by atoms with Gasteiger partial charge in [0.05, 0.1) is 22.1 Å². The minimum Gasteiger partial charge on any atom is -0.291 e. The molecule has 0 unspecified atom stereocenters. The van der Waals surface area contributed by atoms with Crippen LogP contribution in [0.15, 0.2) is 140 Å². The summed E-state index contributed by atoms with van der Waals surface area (Å²) in [4.78, 5) is 10.5. The monoisotopic (exact) mass is 601 g/mol. The number of hydrogen-bond acceptors (Lipinski definition) is 3. The summed E-state index contributed by atoms with van der Waals surface area (Å²) in [5.74, 6) is 0.878. The molecule has 1 aliphatic heterocycles. The first-order valence-electron chi connectivity index (χ1n) is 15.6. The van der Waals surface area contributed by atoms with Gasteiger partial charge >= 0.3 is 0 Å². The fourth-order valence-corrected chi connectivity index (χ4v) is 8.90. The Hall–Kier alpha value is -5.84. The number of rotatable bonds is 1. The second-order valence-electron chi connectivity index (χ2n) is 12.2. The molecule has 7 aromatic carbocycles. The van der Waals surface area contributed by atoms with Crippen molar-refractivity contribution in [3.63, 3.8) is 0 Å². The largest absolute Gasteiger partial charge is 0.291 e. The van der Waals surface area contributed by atoms with E-state index in [1.165, 1.54) is 69.5 Å². The predicted octanol–water partition coefficient (Wildman–Crippen LogP) is 11.6. The summed E-state index contributed by atoms with van der Waals surface area (Å²) in [6, 6.07) is 50.5. The van der Waals surface area contributed by atoms with Crippen LogP contribution in [0.4, 0.5) is 0 Å². The third-order valence-corrected chi connectivity index (χ3v) is 10.9. The molecule has 0 N–H and O–H groups in total. The van der Waals surface area contributed by atoms with Gasteiger partial charge in [0, 0.05) is 42.1 Å². The van der Waals surface area contributed by atoms with Crippen LogP contribution in [-0.2, 0) is 0 Å². The van der Waals surface area contributed by atoms with Gasteiger partial charge in [-0.05, 0) is 57.8 Å². The Balaban J connectivity index is 1.18. The Morgan fingerprint density at radius 3 is 2.13 bits per heavy atom. The predicted molar refractivity (Wildman–Crippen MR) is 194 cm³/mol. The van der Waals surface area contributed by atoms with Gasteiger partial charge in [0.1, 0.15) is 5.69 Å². The molecule has 0 atom stereocenters. The Bertz CT molecular complexity index is 2930. The molecular weight excluding hydrogens is 579 g/mol. The second kappa shape index (κ2) is 8.87. The molecule has 4 heterocycles. The lowest BCUT2D eigenvalue weighted by atomic mass is 9.96. The Morgan fingerprint density at radius 2 is 1.20 bits per heavy atom. The van der Waals surface area contributed by atoms with E-state index >= 15 is 0 Å². The van der Waals surface area contributed by atoms with Gasteiger partial charge in [-0.2, -0.15) is 0 Å². The van der Waals surface area contributed by atoms with Gasteiger partial charge in [0.25, 0.3) is 0 Å². The zero-order valence-corrected chi connectivity index (χ0v) is 25.3. The summed E-state index contributed by atoms with van der Waals surface area (Å²) in [7, 11) is 0. The van der Waals surface area contributed by atoms with E-state index in [1.54, 1.807) is 0 Å². The van der Waals surface area contributed by atoms with Crippen molar-refractivity contribution >= 4 is 75.1 Å². The first-order chi connectivity index (χ1) is 22.8. The standard InChI is InChI=1S/C42H23N3S/c1-2-9-27-24(8-1)16-20-33-29-19-17-26(23-38(29)46-41(27)33)25-18-21-37-34(22-25)32-13-7-12-31-28-10-3-4-11-30(28)39-42(45(37)40(31)32)44-36-15-6-5-14-35(36)43-39/h1-23H. The van der Waals surface area contributed by atoms with Crippen molar-refractivity contribution in [3.05, 3.63) is 140 Å². The van der Waals surface area contributed by atoms with Crippen molar-refractivity contribution in [3.8, 4) is 39.3 Å². The molecule has 4 heteroatoms. The summed E-state index contributed by atoms with van der Waals surface area (Å²) >= 11 is 1.89. The zero-order chi connectivity index (χ0) is 29.9. The fourth-order valence-electron chi connectivity index (χ4n) is 7.62. The zero-order valence-electron chi connectivity index (χ0n) is 24.5. The fraction of sp³-hybridized carbons (Fsp3) is 0. The summed E-state index contributed by atoms with van der Waals surface area (Å²) in [6.45, 7) is 0. The molecule has 0 saturated carbocycles. The van der Waals surface area contributed by atoms with E-state index in [9.17, 15) is 0 Å². The molecule has 1 aliphatic rings. The van der Waals surface area contributed by atoms with Gasteiger partial charge in [-0.15, -0.1) is 11.3 Å². The molecule has 212 valence electrons. The Morgan fingerprint density at radius 1 is 0.478 bits per heavy atom. The lowest BCUT2D eigenvalue weighted by Crippen LogP contribution is -2.02. The molecule has 10 aromatic rings. The van der Waals surface area contributed by atoms with Gasteiger partial charge in [-0.1, -0.05) is 109 Å². The highest BCUT2D eigenvalue weighted by Gasteiger charge is 2.26. The van der Waals surface area contributed by atoms with E-state index in [-0.39, 0.29) is 0 Å². The van der Waals surface area contributed by atoms with Crippen LogP contribution in [0, 0.1) is 0 Å². The third kappa shape index (κ3) is 3.21. The van der Waals surface area contributed by atoms with Gasteiger partial charge in [-0.3, -0.25) is 4.57 Å². The molecule has 3 nitrogen and oxygen atoms in total. The van der Waals surface area contributed by atoms with Gasteiger partial charge in [-0.25, -0.2) is 9.97 Å². The normalized spacial score (nSPS) is 12.3. The SMILES string of the molecule is c1ccc2c(c1)-c1nc3ccccc3nc1-n1c3ccc(-c4ccc5c(c4)sc4c6ccccc6ccc54)cc3c3cccc-2c31. The molecular formula is C42H23N3S. The average molecular weight is 602 g/mol. The van der Waals surface area contributed by atoms with Crippen LogP contribution in [0.3, 0.4) is 0 Å². The Kier molecular flexibility index (Phi) is 4.72. The number of fused-ring (bicyclic) bond motifs is 14. The van der Waals surface area contributed by atoms with E-state index in [0.29, 0.717) is 0 Å². The number of benzene rings is 7.